The lowest BCUT2D eigenvalue weighted by atomic mass is 10.3. The zero-order chi connectivity index (χ0) is 12.4. The molecule has 0 amide bonds. The van der Waals surface area contributed by atoms with Gasteiger partial charge in [0.05, 0.1) is 0 Å². The molecular formula is C10H14ClN5O. The predicted molar refractivity (Wildman–Crippen MR) is 66.8 cm³/mol. The summed E-state index contributed by atoms with van der Waals surface area (Å²) in [5, 5.41) is 10.4. The number of halogens is 1. The Balaban J connectivity index is 2.46. The van der Waals surface area contributed by atoms with Crippen LogP contribution in [0, 0.1) is 0 Å². The molecular weight excluding hydrogens is 242 g/mol. The number of rotatable bonds is 4. The van der Waals surface area contributed by atoms with Gasteiger partial charge in [0.15, 0.2) is 5.65 Å². The molecule has 0 aliphatic rings. The Kier molecular flexibility index (Phi) is 3.33. The van der Waals surface area contributed by atoms with Gasteiger partial charge in [-0.1, -0.05) is 0 Å². The lowest BCUT2D eigenvalue weighted by Gasteiger charge is -2.26. The standard InChI is InChI=1S/C10H14ClN5O/c1-7(2)15(6-5-11)9-4-3-8-12-13-10(17)16(8)14-9/h3-4,7H,5-6H2,1-2H3,(H,13,17). The highest BCUT2D eigenvalue weighted by molar-refractivity contribution is 6.18. The van der Waals surface area contributed by atoms with Gasteiger partial charge in [0.25, 0.3) is 0 Å². The summed E-state index contributed by atoms with van der Waals surface area (Å²) in [6.07, 6.45) is 0. The molecule has 0 saturated heterocycles. The molecule has 0 radical (unpaired) electrons. The molecule has 0 aliphatic carbocycles. The van der Waals surface area contributed by atoms with E-state index in [1.807, 2.05) is 11.0 Å². The lowest BCUT2D eigenvalue weighted by molar-refractivity contribution is 0.681. The van der Waals surface area contributed by atoms with E-state index in [0.717, 1.165) is 5.82 Å². The molecule has 6 nitrogen and oxygen atoms in total. The number of aromatic amines is 1. The Morgan fingerprint density at radius 1 is 1.53 bits per heavy atom. The van der Waals surface area contributed by atoms with E-state index in [1.54, 1.807) is 6.07 Å². The van der Waals surface area contributed by atoms with Gasteiger partial charge in [0.2, 0.25) is 0 Å². The highest BCUT2D eigenvalue weighted by Crippen LogP contribution is 2.13. The molecule has 0 unspecified atom stereocenters. The summed E-state index contributed by atoms with van der Waals surface area (Å²) in [6.45, 7) is 4.79. The van der Waals surface area contributed by atoms with Crippen LogP contribution in [0.2, 0.25) is 0 Å². The number of fused-ring (bicyclic) bond motifs is 1. The minimum atomic E-state index is -0.337. The van der Waals surface area contributed by atoms with Crippen molar-refractivity contribution in [2.45, 2.75) is 19.9 Å². The topological polar surface area (TPSA) is 66.3 Å². The van der Waals surface area contributed by atoms with Gasteiger partial charge >= 0.3 is 5.69 Å². The van der Waals surface area contributed by atoms with Crippen LogP contribution in [0.25, 0.3) is 5.65 Å². The van der Waals surface area contributed by atoms with Crippen molar-refractivity contribution in [2.24, 2.45) is 0 Å². The number of nitrogens with zero attached hydrogens (tertiary/aromatic N) is 4. The average Bonchev–Trinajstić information content (AvgIpc) is 2.67. The monoisotopic (exact) mass is 255 g/mol. The number of H-pyrrole nitrogens is 1. The van der Waals surface area contributed by atoms with Crippen LogP contribution in [-0.4, -0.2) is 38.3 Å². The number of alkyl halides is 1. The predicted octanol–water partition coefficient (Wildman–Crippen LogP) is 0.871. The molecule has 2 aromatic rings. The van der Waals surface area contributed by atoms with Crippen LogP contribution in [0.3, 0.4) is 0 Å². The maximum atomic E-state index is 11.4. The summed E-state index contributed by atoms with van der Waals surface area (Å²) >= 11 is 5.76. The quantitative estimate of drug-likeness (QED) is 0.824. The summed E-state index contributed by atoms with van der Waals surface area (Å²) in [4.78, 5) is 13.5. The minimum absolute atomic E-state index is 0.265. The number of hydrogen-bond acceptors (Lipinski definition) is 4. The third kappa shape index (κ3) is 2.26. The van der Waals surface area contributed by atoms with Gasteiger partial charge in [-0.05, 0) is 26.0 Å². The van der Waals surface area contributed by atoms with E-state index in [-0.39, 0.29) is 11.7 Å². The van der Waals surface area contributed by atoms with Gasteiger partial charge in [-0.25, -0.2) is 9.89 Å². The molecule has 0 aromatic carbocycles. The maximum absolute atomic E-state index is 11.4. The van der Waals surface area contributed by atoms with Crippen LogP contribution in [0.1, 0.15) is 13.8 Å². The van der Waals surface area contributed by atoms with Crippen molar-refractivity contribution in [1.29, 1.82) is 0 Å². The minimum Gasteiger partial charge on any atom is -0.352 e. The van der Waals surface area contributed by atoms with Crippen molar-refractivity contribution in [3.63, 3.8) is 0 Å². The third-order valence-corrected chi connectivity index (χ3v) is 2.67. The van der Waals surface area contributed by atoms with E-state index in [0.29, 0.717) is 18.1 Å². The van der Waals surface area contributed by atoms with Gasteiger partial charge in [-0.2, -0.15) is 9.61 Å². The first-order valence-electron chi connectivity index (χ1n) is 5.40. The van der Waals surface area contributed by atoms with Gasteiger partial charge in [0.1, 0.15) is 5.82 Å². The van der Waals surface area contributed by atoms with Crippen LogP contribution in [0.5, 0.6) is 0 Å². The second-order valence-corrected chi connectivity index (χ2v) is 4.34. The van der Waals surface area contributed by atoms with Crippen molar-refractivity contribution in [3.05, 3.63) is 22.6 Å². The highest BCUT2D eigenvalue weighted by atomic mass is 35.5. The summed E-state index contributed by atoms with van der Waals surface area (Å²) in [5.74, 6) is 1.23. The molecule has 0 atom stereocenters. The van der Waals surface area contributed by atoms with Gasteiger partial charge in [-0.15, -0.1) is 16.7 Å². The lowest BCUT2D eigenvalue weighted by Crippen LogP contribution is -2.34. The number of nitrogens with one attached hydrogen (secondary N) is 1. The molecule has 7 heteroatoms. The van der Waals surface area contributed by atoms with Gasteiger partial charge < -0.3 is 4.90 Å². The molecule has 92 valence electrons. The highest BCUT2D eigenvalue weighted by Gasteiger charge is 2.12. The fraction of sp³-hybridized carbons (Fsp3) is 0.500. The average molecular weight is 256 g/mol. The Hall–Kier alpha value is -1.56. The maximum Gasteiger partial charge on any atom is 0.364 e. The molecule has 0 fully saturated rings. The summed E-state index contributed by atoms with van der Waals surface area (Å²) < 4.78 is 1.25. The summed E-state index contributed by atoms with van der Waals surface area (Å²) in [6, 6.07) is 3.85. The number of anilines is 1. The summed E-state index contributed by atoms with van der Waals surface area (Å²) in [5.41, 5.74) is 0.171. The number of aromatic nitrogens is 4. The van der Waals surface area contributed by atoms with E-state index in [4.69, 9.17) is 11.6 Å². The van der Waals surface area contributed by atoms with E-state index in [9.17, 15) is 4.79 Å². The number of hydrogen-bond donors (Lipinski definition) is 1. The Morgan fingerprint density at radius 3 is 2.94 bits per heavy atom. The van der Waals surface area contributed by atoms with Crippen molar-refractivity contribution in [3.8, 4) is 0 Å². The van der Waals surface area contributed by atoms with E-state index < -0.39 is 0 Å². The van der Waals surface area contributed by atoms with Crippen molar-refractivity contribution in [2.75, 3.05) is 17.3 Å². The second kappa shape index (κ2) is 4.75. The van der Waals surface area contributed by atoms with Crippen LogP contribution in [0.4, 0.5) is 5.82 Å². The molecule has 2 aromatic heterocycles. The van der Waals surface area contributed by atoms with E-state index in [1.165, 1.54) is 4.52 Å². The zero-order valence-electron chi connectivity index (χ0n) is 9.72. The van der Waals surface area contributed by atoms with Crippen LogP contribution >= 0.6 is 11.6 Å². The first-order chi connectivity index (χ1) is 8.13. The fourth-order valence-electron chi connectivity index (χ4n) is 1.67. The Morgan fingerprint density at radius 2 is 2.29 bits per heavy atom. The van der Waals surface area contributed by atoms with Gasteiger partial charge in [0, 0.05) is 18.5 Å². The largest absolute Gasteiger partial charge is 0.364 e. The molecule has 2 rings (SSSR count). The van der Waals surface area contributed by atoms with Crippen molar-refractivity contribution >= 4 is 23.1 Å². The molecule has 17 heavy (non-hydrogen) atoms. The van der Waals surface area contributed by atoms with Crippen molar-refractivity contribution in [1.82, 2.24) is 19.8 Å². The van der Waals surface area contributed by atoms with Crippen LogP contribution in [-0.2, 0) is 0 Å². The molecule has 2 heterocycles. The smallest absolute Gasteiger partial charge is 0.352 e. The molecule has 0 aliphatic heterocycles. The fourth-order valence-corrected chi connectivity index (χ4v) is 1.86. The van der Waals surface area contributed by atoms with E-state index >= 15 is 0 Å². The summed E-state index contributed by atoms with van der Waals surface area (Å²) in [7, 11) is 0. The van der Waals surface area contributed by atoms with E-state index in [2.05, 4.69) is 29.1 Å². The molecule has 0 spiro atoms. The zero-order valence-corrected chi connectivity index (χ0v) is 10.5. The first kappa shape index (κ1) is 11.9. The first-order valence-corrected chi connectivity index (χ1v) is 5.94. The van der Waals surface area contributed by atoms with Crippen LogP contribution < -0.4 is 10.6 Å². The van der Waals surface area contributed by atoms with Gasteiger partial charge in [-0.3, -0.25) is 0 Å². The molecule has 0 bridgehead atoms. The van der Waals surface area contributed by atoms with Crippen molar-refractivity contribution < 1.29 is 0 Å². The molecule has 0 saturated carbocycles. The normalized spacial score (nSPS) is 11.3. The Bertz CT molecular complexity index is 561. The SMILES string of the molecule is CC(C)N(CCCl)c1ccc2n[nH]c(=O)n2n1. The second-order valence-electron chi connectivity index (χ2n) is 3.97. The van der Waals surface area contributed by atoms with Crippen LogP contribution in [0.15, 0.2) is 16.9 Å². The third-order valence-electron chi connectivity index (χ3n) is 2.50. The Labute approximate surface area is 103 Å². The molecule has 1 N–H and O–H groups in total.